The molecule has 102 valence electrons. The van der Waals surface area contributed by atoms with Crippen LogP contribution < -0.4 is 9.47 Å². The molecule has 1 aromatic carbocycles. The van der Waals surface area contributed by atoms with Crippen LogP contribution in [0.4, 0.5) is 0 Å². The number of benzene rings is 1. The Morgan fingerprint density at radius 3 is 2.68 bits per heavy atom. The van der Waals surface area contributed by atoms with Crippen LogP contribution in [0.2, 0.25) is 0 Å². The lowest BCUT2D eigenvalue weighted by Crippen LogP contribution is -1.98. The van der Waals surface area contributed by atoms with E-state index in [1.54, 1.807) is 32.2 Å². The maximum Gasteiger partial charge on any atom is 0.174 e. The standard InChI is InChI=1S/C14H17NO4/c1-9-6-12(19-15-9)8-18-13-5-4-11(10(2)16)7-14(13)17-3/h4-7,10,16H,8H2,1-3H3. The number of hydrogen-bond acceptors (Lipinski definition) is 5. The number of aliphatic hydroxyl groups is 1. The number of hydrogen-bond donors (Lipinski definition) is 1. The van der Waals surface area contributed by atoms with Gasteiger partial charge >= 0.3 is 0 Å². The zero-order valence-corrected chi connectivity index (χ0v) is 11.2. The fourth-order valence-corrected chi connectivity index (χ4v) is 1.70. The van der Waals surface area contributed by atoms with Crippen LogP contribution >= 0.6 is 0 Å². The van der Waals surface area contributed by atoms with Crippen LogP contribution in [0.5, 0.6) is 11.5 Å². The third-order valence-electron chi connectivity index (χ3n) is 2.72. The number of rotatable bonds is 5. The monoisotopic (exact) mass is 263 g/mol. The van der Waals surface area contributed by atoms with E-state index in [-0.39, 0.29) is 6.61 Å². The van der Waals surface area contributed by atoms with Gasteiger partial charge in [-0.2, -0.15) is 0 Å². The summed E-state index contributed by atoms with van der Waals surface area (Å²) in [6.07, 6.45) is -0.542. The smallest absolute Gasteiger partial charge is 0.174 e. The molecule has 1 heterocycles. The highest BCUT2D eigenvalue weighted by Gasteiger charge is 2.10. The Labute approximate surface area is 111 Å². The third kappa shape index (κ3) is 3.26. The molecule has 0 aliphatic heterocycles. The SMILES string of the molecule is COc1cc(C(C)O)ccc1OCc1cc(C)no1. The van der Waals surface area contributed by atoms with Crippen molar-refractivity contribution in [2.45, 2.75) is 26.6 Å². The fourth-order valence-electron chi connectivity index (χ4n) is 1.70. The molecular formula is C14H17NO4. The topological polar surface area (TPSA) is 64.7 Å². The number of nitrogens with zero attached hydrogens (tertiary/aromatic N) is 1. The van der Waals surface area contributed by atoms with Crippen molar-refractivity contribution in [2.24, 2.45) is 0 Å². The van der Waals surface area contributed by atoms with E-state index >= 15 is 0 Å². The van der Waals surface area contributed by atoms with Crippen molar-refractivity contribution in [3.8, 4) is 11.5 Å². The van der Waals surface area contributed by atoms with Crippen LogP contribution in [-0.4, -0.2) is 17.4 Å². The van der Waals surface area contributed by atoms with Gasteiger partial charge in [0.2, 0.25) is 0 Å². The van der Waals surface area contributed by atoms with Gasteiger partial charge in [-0.1, -0.05) is 11.2 Å². The van der Waals surface area contributed by atoms with Crippen molar-refractivity contribution in [1.29, 1.82) is 0 Å². The van der Waals surface area contributed by atoms with Gasteiger partial charge in [0.15, 0.2) is 17.3 Å². The molecule has 0 radical (unpaired) electrons. The molecule has 19 heavy (non-hydrogen) atoms. The zero-order chi connectivity index (χ0) is 13.8. The van der Waals surface area contributed by atoms with Crippen LogP contribution in [0, 0.1) is 6.92 Å². The lowest BCUT2D eigenvalue weighted by atomic mass is 10.1. The van der Waals surface area contributed by atoms with Gasteiger partial charge in [0, 0.05) is 6.07 Å². The highest BCUT2D eigenvalue weighted by Crippen LogP contribution is 2.30. The second-order valence-electron chi connectivity index (χ2n) is 4.31. The minimum Gasteiger partial charge on any atom is -0.493 e. The second-order valence-corrected chi connectivity index (χ2v) is 4.31. The Morgan fingerprint density at radius 1 is 1.32 bits per heavy atom. The van der Waals surface area contributed by atoms with Gasteiger partial charge in [0.05, 0.1) is 18.9 Å². The highest BCUT2D eigenvalue weighted by molar-refractivity contribution is 5.43. The molecule has 0 amide bonds. The first-order valence-corrected chi connectivity index (χ1v) is 6.01. The molecule has 0 spiro atoms. The summed E-state index contributed by atoms with van der Waals surface area (Å²) in [6.45, 7) is 3.84. The van der Waals surface area contributed by atoms with Crippen molar-refractivity contribution in [3.05, 3.63) is 41.3 Å². The van der Waals surface area contributed by atoms with E-state index in [0.717, 1.165) is 11.3 Å². The van der Waals surface area contributed by atoms with Crippen molar-refractivity contribution >= 4 is 0 Å². The number of aryl methyl sites for hydroxylation is 1. The molecule has 0 saturated heterocycles. The summed E-state index contributed by atoms with van der Waals surface area (Å²) in [6, 6.07) is 7.14. The van der Waals surface area contributed by atoms with Crippen LogP contribution in [0.1, 0.15) is 30.0 Å². The van der Waals surface area contributed by atoms with E-state index in [1.165, 1.54) is 0 Å². The Morgan fingerprint density at radius 2 is 2.11 bits per heavy atom. The highest BCUT2D eigenvalue weighted by atomic mass is 16.5. The van der Waals surface area contributed by atoms with Gasteiger partial charge in [0.25, 0.3) is 0 Å². The molecule has 5 heteroatoms. The number of ether oxygens (including phenoxy) is 2. The predicted molar refractivity (Wildman–Crippen MR) is 69.2 cm³/mol. The summed E-state index contributed by atoms with van der Waals surface area (Å²) >= 11 is 0. The maximum atomic E-state index is 9.53. The zero-order valence-electron chi connectivity index (χ0n) is 11.2. The molecule has 1 aromatic heterocycles. The second kappa shape index (κ2) is 5.75. The van der Waals surface area contributed by atoms with Gasteiger partial charge in [-0.25, -0.2) is 0 Å². The maximum absolute atomic E-state index is 9.53. The summed E-state index contributed by atoms with van der Waals surface area (Å²) in [5.41, 5.74) is 1.59. The summed E-state index contributed by atoms with van der Waals surface area (Å²) < 4.78 is 15.9. The van der Waals surface area contributed by atoms with Gasteiger partial charge in [-0.15, -0.1) is 0 Å². The molecule has 5 nitrogen and oxygen atoms in total. The van der Waals surface area contributed by atoms with Gasteiger partial charge in [0.1, 0.15) is 6.61 Å². The molecule has 0 aliphatic carbocycles. The summed E-state index contributed by atoms with van der Waals surface area (Å²) in [5, 5.41) is 13.3. The van der Waals surface area contributed by atoms with E-state index in [2.05, 4.69) is 5.16 Å². The first-order chi connectivity index (χ1) is 9.10. The van der Waals surface area contributed by atoms with Gasteiger partial charge in [-0.05, 0) is 31.5 Å². The minimum atomic E-state index is -0.542. The molecule has 1 N–H and O–H groups in total. The van der Waals surface area contributed by atoms with E-state index < -0.39 is 6.10 Å². The van der Waals surface area contributed by atoms with Crippen molar-refractivity contribution < 1.29 is 19.1 Å². The predicted octanol–water partition coefficient (Wildman–Crippen LogP) is 2.62. The van der Waals surface area contributed by atoms with Crippen molar-refractivity contribution in [1.82, 2.24) is 5.16 Å². The largest absolute Gasteiger partial charge is 0.493 e. The van der Waals surface area contributed by atoms with E-state index in [0.29, 0.717) is 17.3 Å². The van der Waals surface area contributed by atoms with Gasteiger partial charge < -0.3 is 19.1 Å². The summed E-state index contributed by atoms with van der Waals surface area (Å²) in [4.78, 5) is 0. The molecule has 2 aromatic rings. The average Bonchev–Trinajstić information content (AvgIpc) is 2.81. The lowest BCUT2D eigenvalue weighted by Gasteiger charge is -2.12. The van der Waals surface area contributed by atoms with Crippen LogP contribution in [0.3, 0.4) is 0 Å². The molecule has 2 rings (SSSR count). The van der Waals surface area contributed by atoms with Gasteiger partial charge in [-0.3, -0.25) is 0 Å². The van der Waals surface area contributed by atoms with Crippen molar-refractivity contribution in [3.63, 3.8) is 0 Å². The summed E-state index contributed by atoms with van der Waals surface area (Å²) in [5.74, 6) is 1.83. The van der Waals surface area contributed by atoms with E-state index in [4.69, 9.17) is 14.0 Å². The van der Waals surface area contributed by atoms with Crippen molar-refractivity contribution in [2.75, 3.05) is 7.11 Å². The molecule has 0 bridgehead atoms. The molecule has 1 unspecified atom stereocenters. The van der Waals surface area contributed by atoms with Crippen LogP contribution in [-0.2, 0) is 6.61 Å². The lowest BCUT2D eigenvalue weighted by molar-refractivity contribution is 0.198. The fraction of sp³-hybridized carbons (Fsp3) is 0.357. The summed E-state index contributed by atoms with van der Waals surface area (Å²) in [7, 11) is 1.56. The number of methoxy groups -OCH3 is 1. The molecule has 0 fully saturated rings. The molecule has 0 saturated carbocycles. The van der Waals surface area contributed by atoms with Crippen LogP contribution in [0.25, 0.3) is 0 Å². The van der Waals surface area contributed by atoms with E-state index in [1.807, 2.05) is 13.0 Å². The average molecular weight is 263 g/mol. The first kappa shape index (κ1) is 13.4. The number of aliphatic hydroxyl groups excluding tert-OH is 1. The Balaban J connectivity index is 2.11. The molecule has 1 atom stereocenters. The third-order valence-corrected chi connectivity index (χ3v) is 2.72. The van der Waals surface area contributed by atoms with Crippen LogP contribution in [0.15, 0.2) is 28.8 Å². The molecule has 0 aliphatic rings. The normalized spacial score (nSPS) is 12.2. The first-order valence-electron chi connectivity index (χ1n) is 6.01. The minimum absolute atomic E-state index is 0.283. The quantitative estimate of drug-likeness (QED) is 0.898. The molecular weight excluding hydrogens is 246 g/mol. The Hall–Kier alpha value is -2.01. The van der Waals surface area contributed by atoms with E-state index in [9.17, 15) is 5.11 Å². The number of aromatic nitrogens is 1. The Bertz CT molecular complexity index is 548. The Kier molecular flexibility index (Phi) is 4.06.